The summed E-state index contributed by atoms with van der Waals surface area (Å²) in [6.45, 7) is 10.9. The quantitative estimate of drug-likeness (QED) is 0.423. The van der Waals surface area contributed by atoms with Crippen LogP contribution in [0.2, 0.25) is 0 Å². The Morgan fingerprint density at radius 1 is 1.60 bits per heavy atom. The summed E-state index contributed by atoms with van der Waals surface area (Å²) in [5.41, 5.74) is 1.11. The summed E-state index contributed by atoms with van der Waals surface area (Å²) >= 11 is 0. The summed E-state index contributed by atoms with van der Waals surface area (Å²) in [6.07, 6.45) is 2.58. The number of hydrogen-bond donors (Lipinski definition) is 0. The molecule has 0 saturated heterocycles. The van der Waals surface area contributed by atoms with E-state index in [9.17, 15) is 0 Å². The fourth-order valence-corrected chi connectivity index (χ4v) is 0.547. The van der Waals surface area contributed by atoms with Gasteiger partial charge in [-0.15, -0.1) is 0 Å². The molecule has 0 amide bonds. The Kier molecular flexibility index (Phi) is 5.32. The average Bonchev–Trinajstić information content (AvgIpc) is 1.88. The third kappa shape index (κ3) is 4.57. The van der Waals surface area contributed by atoms with Crippen LogP contribution >= 0.6 is 0 Å². The molecule has 0 fully saturated rings. The van der Waals surface area contributed by atoms with E-state index in [4.69, 9.17) is 4.74 Å². The van der Waals surface area contributed by atoms with Crippen molar-refractivity contribution in [1.29, 1.82) is 0 Å². The molecule has 0 aliphatic heterocycles. The highest BCUT2D eigenvalue weighted by Crippen LogP contribution is 2.02. The molecule has 0 aliphatic rings. The molecule has 0 bridgehead atoms. The van der Waals surface area contributed by atoms with Crippen LogP contribution < -0.4 is 0 Å². The van der Waals surface area contributed by atoms with E-state index in [-0.39, 0.29) is 6.10 Å². The predicted molar refractivity (Wildman–Crippen MR) is 45.1 cm³/mol. The van der Waals surface area contributed by atoms with E-state index in [0.29, 0.717) is 0 Å². The third-order valence-corrected chi connectivity index (χ3v) is 1.56. The summed E-state index contributed by atoms with van der Waals surface area (Å²) in [5, 5.41) is 0. The van der Waals surface area contributed by atoms with Crippen LogP contribution in [-0.4, -0.2) is 12.7 Å². The molecule has 1 heteroatoms. The Labute approximate surface area is 64.1 Å². The molecule has 0 radical (unpaired) electrons. The molecule has 0 aromatic heterocycles. The van der Waals surface area contributed by atoms with Crippen LogP contribution in [0.25, 0.3) is 0 Å². The number of ether oxygens (including phenoxy) is 1. The van der Waals surface area contributed by atoms with Crippen LogP contribution in [0.5, 0.6) is 0 Å². The van der Waals surface area contributed by atoms with Crippen molar-refractivity contribution in [2.45, 2.75) is 39.7 Å². The van der Waals surface area contributed by atoms with E-state index in [0.717, 1.165) is 18.6 Å². The summed E-state index contributed by atoms with van der Waals surface area (Å²) in [5.74, 6) is 0. The van der Waals surface area contributed by atoms with Gasteiger partial charge in [-0.05, 0) is 20.3 Å². The van der Waals surface area contributed by atoms with Crippen molar-refractivity contribution in [3.63, 3.8) is 0 Å². The fraction of sp³-hybridized carbons (Fsp3) is 0.778. The van der Waals surface area contributed by atoms with Gasteiger partial charge in [-0.3, -0.25) is 0 Å². The van der Waals surface area contributed by atoms with Gasteiger partial charge in [-0.25, -0.2) is 0 Å². The molecule has 60 valence electrons. The second-order valence-electron chi connectivity index (χ2n) is 2.71. The van der Waals surface area contributed by atoms with Crippen LogP contribution in [-0.2, 0) is 4.74 Å². The minimum Gasteiger partial charge on any atom is -0.374 e. The molecule has 0 aromatic rings. The average molecular weight is 142 g/mol. The molecule has 0 aromatic carbocycles. The maximum atomic E-state index is 5.44. The summed E-state index contributed by atoms with van der Waals surface area (Å²) in [6, 6.07) is 0. The van der Waals surface area contributed by atoms with E-state index in [1.54, 1.807) is 0 Å². The number of rotatable bonds is 5. The van der Waals surface area contributed by atoms with Gasteiger partial charge < -0.3 is 4.74 Å². The second-order valence-corrected chi connectivity index (χ2v) is 2.71. The maximum Gasteiger partial charge on any atom is 0.0751 e. The van der Waals surface area contributed by atoms with Gasteiger partial charge in [-0.2, -0.15) is 0 Å². The topological polar surface area (TPSA) is 9.23 Å². The smallest absolute Gasteiger partial charge is 0.0751 e. The molecule has 0 heterocycles. The first-order valence-corrected chi connectivity index (χ1v) is 3.95. The standard InChI is InChI=1S/C9H18O/c1-5-6-7-10-9(4)8(2)3/h9H,2,5-7H2,1,3-4H3/t9-/m0/s1. The highest BCUT2D eigenvalue weighted by atomic mass is 16.5. The summed E-state index contributed by atoms with van der Waals surface area (Å²) in [7, 11) is 0. The molecule has 0 unspecified atom stereocenters. The fourth-order valence-electron chi connectivity index (χ4n) is 0.547. The SMILES string of the molecule is C=C(C)[C@H](C)OCCCC. The second kappa shape index (κ2) is 5.48. The molecule has 1 atom stereocenters. The van der Waals surface area contributed by atoms with Crippen LogP contribution in [0.1, 0.15) is 33.6 Å². The van der Waals surface area contributed by atoms with E-state index in [1.165, 1.54) is 6.42 Å². The van der Waals surface area contributed by atoms with Gasteiger partial charge in [0.15, 0.2) is 0 Å². The van der Waals surface area contributed by atoms with Crippen molar-refractivity contribution in [3.8, 4) is 0 Å². The van der Waals surface area contributed by atoms with Crippen molar-refractivity contribution >= 4 is 0 Å². The molecule has 0 N–H and O–H groups in total. The molecule has 0 rings (SSSR count). The monoisotopic (exact) mass is 142 g/mol. The normalized spacial score (nSPS) is 13.1. The maximum absolute atomic E-state index is 5.44. The van der Waals surface area contributed by atoms with Crippen LogP contribution in [0.3, 0.4) is 0 Å². The van der Waals surface area contributed by atoms with Gasteiger partial charge in [0.2, 0.25) is 0 Å². The highest BCUT2D eigenvalue weighted by molar-refractivity contribution is 4.94. The Hall–Kier alpha value is -0.300. The van der Waals surface area contributed by atoms with Crippen molar-refractivity contribution in [1.82, 2.24) is 0 Å². The van der Waals surface area contributed by atoms with Crippen molar-refractivity contribution in [2.75, 3.05) is 6.61 Å². The highest BCUT2D eigenvalue weighted by Gasteiger charge is 1.99. The Morgan fingerprint density at radius 3 is 2.60 bits per heavy atom. The number of unbranched alkanes of at least 4 members (excludes halogenated alkanes) is 1. The van der Waals surface area contributed by atoms with E-state index in [1.807, 2.05) is 13.8 Å². The zero-order chi connectivity index (χ0) is 7.98. The predicted octanol–water partition coefficient (Wildman–Crippen LogP) is 2.77. The van der Waals surface area contributed by atoms with Crippen LogP contribution in [0.15, 0.2) is 12.2 Å². The van der Waals surface area contributed by atoms with E-state index >= 15 is 0 Å². The lowest BCUT2D eigenvalue weighted by Gasteiger charge is -2.11. The minimum absolute atomic E-state index is 0.228. The van der Waals surface area contributed by atoms with Crippen molar-refractivity contribution in [2.24, 2.45) is 0 Å². The van der Waals surface area contributed by atoms with Gasteiger partial charge in [0.05, 0.1) is 6.10 Å². The van der Waals surface area contributed by atoms with Crippen molar-refractivity contribution < 1.29 is 4.74 Å². The largest absolute Gasteiger partial charge is 0.374 e. The van der Waals surface area contributed by atoms with Gasteiger partial charge in [0.1, 0.15) is 0 Å². The first kappa shape index (κ1) is 9.70. The summed E-state index contributed by atoms with van der Waals surface area (Å²) < 4.78 is 5.44. The van der Waals surface area contributed by atoms with Crippen molar-refractivity contribution in [3.05, 3.63) is 12.2 Å². The lowest BCUT2D eigenvalue weighted by molar-refractivity contribution is 0.0878. The zero-order valence-electron chi connectivity index (χ0n) is 7.31. The lowest BCUT2D eigenvalue weighted by Crippen LogP contribution is -2.09. The molecular formula is C9H18O. The van der Waals surface area contributed by atoms with E-state index < -0.39 is 0 Å². The van der Waals surface area contributed by atoms with Crippen LogP contribution in [0.4, 0.5) is 0 Å². The summed E-state index contributed by atoms with van der Waals surface area (Å²) in [4.78, 5) is 0. The molecule has 0 aliphatic carbocycles. The Bertz CT molecular complexity index is 96.9. The first-order valence-electron chi connectivity index (χ1n) is 3.95. The first-order chi connectivity index (χ1) is 4.68. The molecule has 0 spiro atoms. The third-order valence-electron chi connectivity index (χ3n) is 1.56. The van der Waals surface area contributed by atoms with Crippen LogP contribution in [0, 0.1) is 0 Å². The Morgan fingerprint density at radius 2 is 2.20 bits per heavy atom. The lowest BCUT2D eigenvalue weighted by atomic mass is 10.2. The van der Waals surface area contributed by atoms with Gasteiger partial charge in [-0.1, -0.05) is 25.5 Å². The number of hydrogen-bond acceptors (Lipinski definition) is 1. The van der Waals surface area contributed by atoms with Gasteiger partial charge in [0.25, 0.3) is 0 Å². The Balaban J connectivity index is 3.21. The minimum atomic E-state index is 0.228. The molecule has 1 nitrogen and oxygen atoms in total. The van der Waals surface area contributed by atoms with Gasteiger partial charge in [0, 0.05) is 6.61 Å². The zero-order valence-corrected chi connectivity index (χ0v) is 7.31. The molecule has 0 saturated carbocycles. The molecule has 10 heavy (non-hydrogen) atoms. The molecular weight excluding hydrogens is 124 g/mol. The van der Waals surface area contributed by atoms with E-state index in [2.05, 4.69) is 13.5 Å². The van der Waals surface area contributed by atoms with Gasteiger partial charge >= 0.3 is 0 Å².